The van der Waals surface area contributed by atoms with E-state index in [1.807, 2.05) is 26.0 Å². The molecule has 0 fully saturated rings. The van der Waals surface area contributed by atoms with Gasteiger partial charge in [0.05, 0.1) is 12.1 Å². The van der Waals surface area contributed by atoms with Gasteiger partial charge in [0.25, 0.3) is 5.56 Å². The molecule has 24 heavy (non-hydrogen) atoms. The molecule has 3 nitrogen and oxygen atoms in total. The zero-order valence-electron chi connectivity index (χ0n) is 14.1. The van der Waals surface area contributed by atoms with Crippen LogP contribution in [0.5, 0.6) is 5.75 Å². The maximum atomic E-state index is 12.5. The van der Waals surface area contributed by atoms with Crippen molar-refractivity contribution in [3.63, 3.8) is 0 Å². The van der Waals surface area contributed by atoms with Crippen molar-refractivity contribution in [2.24, 2.45) is 0 Å². The van der Waals surface area contributed by atoms with Crippen LogP contribution >= 0.6 is 11.6 Å². The number of ether oxygens (including phenoxy) is 1. The lowest BCUT2D eigenvalue weighted by molar-refractivity contribution is 0.298. The second kappa shape index (κ2) is 6.70. The zero-order chi connectivity index (χ0) is 17.3. The number of nitrogens with zero attached hydrogens (tertiary/aromatic N) is 1. The van der Waals surface area contributed by atoms with E-state index in [9.17, 15) is 4.79 Å². The van der Waals surface area contributed by atoms with Gasteiger partial charge in [0, 0.05) is 16.5 Å². The second-order valence-electron chi connectivity index (χ2n) is 6.10. The van der Waals surface area contributed by atoms with E-state index in [2.05, 4.69) is 19.1 Å². The van der Waals surface area contributed by atoms with Gasteiger partial charge in [0.1, 0.15) is 12.4 Å². The summed E-state index contributed by atoms with van der Waals surface area (Å²) in [5.41, 5.74) is 4.32. The number of benzene rings is 2. The van der Waals surface area contributed by atoms with Crippen LogP contribution in [0.3, 0.4) is 0 Å². The smallest absolute Gasteiger partial charge is 0.251 e. The first-order valence-electron chi connectivity index (χ1n) is 7.95. The highest BCUT2D eigenvalue weighted by Crippen LogP contribution is 2.22. The molecule has 0 spiro atoms. The second-order valence-corrected chi connectivity index (χ2v) is 6.53. The van der Waals surface area contributed by atoms with Crippen molar-refractivity contribution in [2.75, 3.05) is 6.61 Å². The van der Waals surface area contributed by atoms with Crippen molar-refractivity contribution in [3.05, 3.63) is 74.5 Å². The molecule has 3 rings (SSSR count). The monoisotopic (exact) mass is 341 g/mol. The Bertz CT molecular complexity index is 942. The van der Waals surface area contributed by atoms with Gasteiger partial charge >= 0.3 is 0 Å². The lowest BCUT2D eigenvalue weighted by Gasteiger charge is -2.15. The Hall–Kier alpha value is -2.26. The third-order valence-corrected chi connectivity index (χ3v) is 4.39. The van der Waals surface area contributed by atoms with E-state index in [0.717, 1.165) is 27.8 Å². The van der Waals surface area contributed by atoms with Crippen LogP contribution in [0.2, 0.25) is 5.02 Å². The Balaban J connectivity index is 1.91. The third kappa shape index (κ3) is 3.31. The number of hydrogen-bond donors (Lipinski definition) is 0. The lowest BCUT2D eigenvalue weighted by atomic mass is 10.0. The summed E-state index contributed by atoms with van der Waals surface area (Å²) in [4.78, 5) is 12.5. The maximum Gasteiger partial charge on any atom is 0.251 e. The zero-order valence-corrected chi connectivity index (χ0v) is 14.9. The van der Waals surface area contributed by atoms with E-state index < -0.39 is 0 Å². The van der Waals surface area contributed by atoms with Gasteiger partial charge in [0.15, 0.2) is 0 Å². The minimum Gasteiger partial charge on any atom is -0.492 e. The van der Waals surface area contributed by atoms with Crippen LogP contribution in [-0.4, -0.2) is 11.2 Å². The van der Waals surface area contributed by atoms with E-state index in [1.54, 1.807) is 22.8 Å². The van der Waals surface area contributed by atoms with Gasteiger partial charge in [-0.2, -0.15) is 0 Å². The number of aryl methyl sites for hydroxylation is 3. The van der Waals surface area contributed by atoms with Crippen molar-refractivity contribution < 1.29 is 4.74 Å². The molecule has 0 unspecified atom stereocenters. The fourth-order valence-corrected chi connectivity index (χ4v) is 3.20. The molecule has 0 N–H and O–H groups in total. The van der Waals surface area contributed by atoms with Crippen molar-refractivity contribution in [2.45, 2.75) is 27.3 Å². The Morgan fingerprint density at radius 1 is 1.00 bits per heavy atom. The Morgan fingerprint density at radius 3 is 2.42 bits per heavy atom. The highest BCUT2D eigenvalue weighted by Gasteiger charge is 2.10. The van der Waals surface area contributed by atoms with Crippen LogP contribution in [0.4, 0.5) is 0 Å². The molecule has 3 aromatic rings. The Morgan fingerprint density at radius 2 is 1.71 bits per heavy atom. The normalized spacial score (nSPS) is 11.0. The molecule has 0 amide bonds. The minimum absolute atomic E-state index is 0.00617. The summed E-state index contributed by atoms with van der Waals surface area (Å²) in [6.45, 7) is 7.03. The first-order chi connectivity index (χ1) is 11.5. The van der Waals surface area contributed by atoms with Crippen molar-refractivity contribution >= 4 is 22.5 Å². The van der Waals surface area contributed by atoms with Gasteiger partial charge in [-0.05, 0) is 62.2 Å². The van der Waals surface area contributed by atoms with Gasteiger partial charge in [-0.15, -0.1) is 0 Å². The van der Waals surface area contributed by atoms with E-state index in [0.29, 0.717) is 18.2 Å². The molecule has 0 aliphatic rings. The lowest BCUT2D eigenvalue weighted by Crippen LogP contribution is -2.24. The number of hydrogen-bond acceptors (Lipinski definition) is 2. The summed E-state index contributed by atoms with van der Waals surface area (Å²) in [7, 11) is 0. The summed E-state index contributed by atoms with van der Waals surface area (Å²) < 4.78 is 7.54. The average Bonchev–Trinajstić information content (AvgIpc) is 2.52. The molecule has 0 radical (unpaired) electrons. The van der Waals surface area contributed by atoms with E-state index >= 15 is 0 Å². The summed E-state index contributed by atoms with van der Waals surface area (Å²) >= 11 is 5.87. The number of pyridine rings is 1. The first-order valence-corrected chi connectivity index (χ1v) is 8.33. The molecule has 0 atom stereocenters. The average molecular weight is 342 g/mol. The minimum atomic E-state index is 0.00617. The van der Waals surface area contributed by atoms with Crippen molar-refractivity contribution in [1.82, 2.24) is 4.57 Å². The highest BCUT2D eigenvalue weighted by molar-refractivity contribution is 6.30. The first kappa shape index (κ1) is 16.6. The number of halogens is 1. The predicted octanol–water partition coefficient (Wildman–Crippen LogP) is 4.66. The standard InChI is InChI=1S/C20H20ClNO2/c1-13-10-15(3)20-18(11-13)14(2)12-19(23)22(20)8-9-24-17-6-4-16(21)5-7-17/h4-7,10-12H,8-9H2,1-3H3. The molecule has 0 aliphatic carbocycles. The molecule has 0 saturated heterocycles. The van der Waals surface area contributed by atoms with Crippen LogP contribution in [0.25, 0.3) is 10.9 Å². The fraction of sp³-hybridized carbons (Fsp3) is 0.250. The quantitative estimate of drug-likeness (QED) is 0.691. The molecule has 1 heterocycles. The van der Waals surface area contributed by atoms with Gasteiger partial charge < -0.3 is 9.30 Å². The van der Waals surface area contributed by atoms with Crippen molar-refractivity contribution in [1.29, 1.82) is 0 Å². The van der Waals surface area contributed by atoms with Crippen LogP contribution in [-0.2, 0) is 6.54 Å². The number of fused-ring (bicyclic) bond motifs is 1. The fourth-order valence-electron chi connectivity index (χ4n) is 3.08. The molecule has 0 bridgehead atoms. The topological polar surface area (TPSA) is 31.2 Å². The van der Waals surface area contributed by atoms with Gasteiger partial charge in [0.2, 0.25) is 0 Å². The van der Waals surface area contributed by atoms with E-state index in [1.165, 1.54) is 5.56 Å². The molecule has 1 aromatic heterocycles. The molecular weight excluding hydrogens is 322 g/mol. The molecular formula is C20H20ClNO2. The molecule has 2 aromatic carbocycles. The summed E-state index contributed by atoms with van der Waals surface area (Å²) in [6, 6.07) is 13.2. The molecule has 4 heteroatoms. The molecule has 124 valence electrons. The summed E-state index contributed by atoms with van der Waals surface area (Å²) in [5.74, 6) is 0.747. The highest BCUT2D eigenvalue weighted by atomic mass is 35.5. The number of aromatic nitrogens is 1. The predicted molar refractivity (Wildman–Crippen MR) is 99.4 cm³/mol. The largest absolute Gasteiger partial charge is 0.492 e. The van der Waals surface area contributed by atoms with E-state index in [-0.39, 0.29) is 5.56 Å². The summed E-state index contributed by atoms with van der Waals surface area (Å²) in [5, 5.41) is 1.80. The Kier molecular flexibility index (Phi) is 4.63. The Labute approximate surface area is 146 Å². The molecule has 0 saturated carbocycles. The third-order valence-electron chi connectivity index (χ3n) is 4.14. The van der Waals surface area contributed by atoms with Gasteiger partial charge in [-0.3, -0.25) is 4.79 Å². The van der Waals surface area contributed by atoms with Crippen LogP contribution in [0, 0.1) is 20.8 Å². The van der Waals surface area contributed by atoms with Crippen LogP contribution in [0.15, 0.2) is 47.3 Å². The van der Waals surface area contributed by atoms with E-state index in [4.69, 9.17) is 16.3 Å². The van der Waals surface area contributed by atoms with Gasteiger partial charge in [-0.1, -0.05) is 23.2 Å². The van der Waals surface area contributed by atoms with Crippen molar-refractivity contribution in [3.8, 4) is 5.75 Å². The van der Waals surface area contributed by atoms with Gasteiger partial charge in [-0.25, -0.2) is 0 Å². The SMILES string of the molecule is Cc1cc(C)c2c(c1)c(C)cc(=O)n2CCOc1ccc(Cl)cc1. The molecule has 0 aliphatic heterocycles. The van der Waals surface area contributed by atoms with Crippen LogP contribution in [0.1, 0.15) is 16.7 Å². The maximum absolute atomic E-state index is 12.5. The number of rotatable bonds is 4. The van der Waals surface area contributed by atoms with Crippen LogP contribution < -0.4 is 10.3 Å². The summed E-state index contributed by atoms with van der Waals surface area (Å²) in [6.07, 6.45) is 0.